The van der Waals surface area contributed by atoms with E-state index in [1.165, 1.54) is 0 Å². The van der Waals surface area contributed by atoms with E-state index in [2.05, 4.69) is 23.0 Å². The molecular formula is C19H22F3N3O. The van der Waals surface area contributed by atoms with Crippen molar-refractivity contribution in [1.29, 1.82) is 0 Å². The zero-order valence-electron chi connectivity index (χ0n) is 15.3. The molecule has 1 saturated heterocycles. The van der Waals surface area contributed by atoms with Crippen molar-refractivity contribution in [1.82, 2.24) is 14.9 Å². The van der Waals surface area contributed by atoms with Gasteiger partial charge in [0.25, 0.3) is 0 Å². The second kappa shape index (κ2) is 5.02. The number of nitrogens with one attached hydrogen (secondary N) is 1. The van der Waals surface area contributed by atoms with Gasteiger partial charge in [-0.3, -0.25) is 4.79 Å². The van der Waals surface area contributed by atoms with Crippen molar-refractivity contribution < 1.29 is 18.0 Å². The van der Waals surface area contributed by atoms with Gasteiger partial charge in [-0.05, 0) is 48.4 Å². The van der Waals surface area contributed by atoms with E-state index in [1.807, 2.05) is 26.8 Å². The minimum atomic E-state index is -4.84. The molecule has 2 atom stereocenters. The molecule has 1 aromatic carbocycles. The number of likely N-dealkylation sites (tertiary alicyclic amines) is 1. The number of rotatable bonds is 0. The van der Waals surface area contributed by atoms with E-state index in [4.69, 9.17) is 0 Å². The average molecular weight is 365 g/mol. The molecule has 1 aliphatic carbocycles. The Morgan fingerprint density at radius 3 is 2.65 bits per heavy atom. The second-order valence-corrected chi connectivity index (χ2v) is 8.37. The summed E-state index contributed by atoms with van der Waals surface area (Å²) in [6, 6.07) is 3.59. The summed E-state index contributed by atoms with van der Waals surface area (Å²) >= 11 is 0. The molecule has 0 spiro atoms. The molecule has 26 heavy (non-hydrogen) atoms. The van der Waals surface area contributed by atoms with Gasteiger partial charge < -0.3 is 9.88 Å². The van der Waals surface area contributed by atoms with Crippen LogP contribution in [0.15, 0.2) is 12.1 Å². The van der Waals surface area contributed by atoms with Crippen LogP contribution in [0.3, 0.4) is 0 Å². The first-order valence-electron chi connectivity index (χ1n) is 8.83. The van der Waals surface area contributed by atoms with Crippen LogP contribution in [0.4, 0.5) is 13.2 Å². The highest BCUT2D eigenvalue weighted by atomic mass is 19.4. The van der Waals surface area contributed by atoms with E-state index in [0.717, 1.165) is 32.9 Å². The third kappa shape index (κ3) is 2.15. The summed E-state index contributed by atoms with van der Waals surface area (Å²) in [6.45, 7) is 8.08. The Hall–Kier alpha value is -2.05. The molecular weight excluding hydrogens is 343 g/mol. The van der Waals surface area contributed by atoms with Gasteiger partial charge in [-0.25, -0.2) is 4.98 Å². The minimum Gasteiger partial charge on any atom is -0.342 e. The highest BCUT2D eigenvalue weighted by molar-refractivity contribution is 5.83. The third-order valence-corrected chi connectivity index (χ3v) is 6.82. The van der Waals surface area contributed by atoms with Crippen molar-refractivity contribution in [2.45, 2.75) is 58.2 Å². The number of aryl methyl sites for hydroxylation is 1. The van der Waals surface area contributed by atoms with E-state index in [-0.39, 0.29) is 12.0 Å². The first kappa shape index (κ1) is 17.4. The molecule has 1 aliphatic heterocycles. The molecule has 1 N–H and O–H groups in total. The number of hydrogen-bond acceptors (Lipinski definition) is 2. The Kier molecular flexibility index (Phi) is 3.35. The molecule has 1 aromatic heterocycles. The topological polar surface area (TPSA) is 49.0 Å². The Labute approximate surface area is 149 Å². The van der Waals surface area contributed by atoms with Crippen LogP contribution >= 0.6 is 0 Å². The fraction of sp³-hybridized carbons (Fsp3) is 0.579. The number of halogens is 3. The monoisotopic (exact) mass is 365 g/mol. The van der Waals surface area contributed by atoms with Crippen LogP contribution < -0.4 is 0 Å². The van der Waals surface area contributed by atoms with Gasteiger partial charge >= 0.3 is 12.1 Å². The lowest BCUT2D eigenvalue weighted by atomic mass is 9.51. The number of piperidine rings is 1. The summed E-state index contributed by atoms with van der Waals surface area (Å²) in [5, 5.41) is 0. The maximum absolute atomic E-state index is 13.1. The number of aromatic nitrogens is 2. The number of carbonyl (C=O) groups is 1. The molecule has 2 bridgehead atoms. The highest BCUT2D eigenvalue weighted by Gasteiger charge is 2.59. The second-order valence-electron chi connectivity index (χ2n) is 8.37. The van der Waals surface area contributed by atoms with Crippen molar-refractivity contribution in [2.24, 2.45) is 5.41 Å². The standard InChI is InChI=1S/C19H22F3N3O/c1-10-23-13-7-11-8-15-17(2,3)18(4,12(11)9-14(13)24-10)5-6-25(15)16(26)19(20,21)22/h7,9,15H,5-6,8H2,1-4H3,(H,23,24)/t15-,18-/m0/s1. The van der Waals surface area contributed by atoms with Crippen LogP contribution in [-0.4, -0.2) is 39.5 Å². The van der Waals surface area contributed by atoms with E-state index in [1.54, 1.807) is 0 Å². The molecule has 0 unspecified atom stereocenters. The number of imidazole rings is 1. The molecule has 7 heteroatoms. The number of aromatic amines is 1. The van der Waals surface area contributed by atoms with Crippen molar-refractivity contribution in [2.75, 3.05) is 6.54 Å². The lowest BCUT2D eigenvalue weighted by Crippen LogP contribution is -2.66. The lowest BCUT2D eigenvalue weighted by Gasteiger charge is -2.60. The minimum absolute atomic E-state index is 0.125. The molecule has 2 heterocycles. The number of amides is 1. The van der Waals surface area contributed by atoms with Crippen molar-refractivity contribution in [3.8, 4) is 0 Å². The van der Waals surface area contributed by atoms with Crippen LogP contribution in [0.2, 0.25) is 0 Å². The Morgan fingerprint density at radius 1 is 1.31 bits per heavy atom. The third-order valence-electron chi connectivity index (χ3n) is 6.82. The predicted molar refractivity (Wildman–Crippen MR) is 91.8 cm³/mol. The zero-order valence-corrected chi connectivity index (χ0v) is 15.3. The summed E-state index contributed by atoms with van der Waals surface area (Å²) in [5.41, 5.74) is 3.14. The SMILES string of the molecule is Cc1nc2cc3c(cc2[nH]1)C[C@@H]1N(C(=O)C(F)(F)F)CC[C@]3(C)C1(C)C. The van der Waals surface area contributed by atoms with E-state index >= 15 is 0 Å². The number of fused-ring (bicyclic) bond motifs is 5. The van der Waals surface area contributed by atoms with Crippen LogP contribution in [0.25, 0.3) is 11.0 Å². The highest BCUT2D eigenvalue weighted by Crippen LogP contribution is 2.56. The van der Waals surface area contributed by atoms with Crippen molar-refractivity contribution in [3.05, 3.63) is 29.1 Å². The molecule has 140 valence electrons. The van der Waals surface area contributed by atoms with Gasteiger partial charge in [-0.2, -0.15) is 13.2 Å². The normalized spacial score (nSPS) is 27.5. The maximum atomic E-state index is 13.1. The molecule has 1 amide bonds. The van der Waals surface area contributed by atoms with E-state index < -0.39 is 23.5 Å². The molecule has 2 aromatic rings. The molecule has 0 saturated carbocycles. The molecule has 2 aliphatic rings. The summed E-state index contributed by atoms with van der Waals surface area (Å²) < 4.78 is 39.3. The lowest BCUT2D eigenvalue weighted by molar-refractivity contribution is -0.195. The van der Waals surface area contributed by atoms with Gasteiger partial charge in [-0.1, -0.05) is 20.8 Å². The summed E-state index contributed by atoms with van der Waals surface area (Å²) in [4.78, 5) is 20.8. The molecule has 4 rings (SSSR count). The zero-order chi connectivity index (χ0) is 19.1. The van der Waals surface area contributed by atoms with Crippen LogP contribution in [-0.2, 0) is 16.6 Å². The largest absolute Gasteiger partial charge is 0.471 e. The smallest absolute Gasteiger partial charge is 0.342 e. The number of carbonyl (C=O) groups excluding carboxylic acids is 1. The van der Waals surface area contributed by atoms with Gasteiger partial charge in [0.15, 0.2) is 0 Å². The Balaban J connectivity index is 1.87. The summed E-state index contributed by atoms with van der Waals surface area (Å²) in [6.07, 6.45) is -3.91. The number of H-pyrrole nitrogens is 1. The maximum Gasteiger partial charge on any atom is 0.471 e. The van der Waals surface area contributed by atoms with Gasteiger partial charge in [0, 0.05) is 18.0 Å². The van der Waals surface area contributed by atoms with Crippen molar-refractivity contribution in [3.63, 3.8) is 0 Å². The predicted octanol–water partition coefficient (Wildman–Crippen LogP) is 3.87. The van der Waals surface area contributed by atoms with E-state index in [0.29, 0.717) is 12.8 Å². The van der Waals surface area contributed by atoms with Gasteiger partial charge in [0.2, 0.25) is 0 Å². The van der Waals surface area contributed by atoms with Crippen LogP contribution in [0.5, 0.6) is 0 Å². The first-order chi connectivity index (χ1) is 11.9. The Morgan fingerprint density at radius 2 is 2.00 bits per heavy atom. The summed E-state index contributed by atoms with van der Waals surface area (Å²) in [7, 11) is 0. The van der Waals surface area contributed by atoms with Crippen LogP contribution in [0.1, 0.15) is 44.1 Å². The number of hydrogen-bond donors (Lipinski definition) is 1. The fourth-order valence-electron chi connectivity index (χ4n) is 4.95. The molecule has 4 nitrogen and oxygen atoms in total. The van der Waals surface area contributed by atoms with Gasteiger partial charge in [0.05, 0.1) is 11.0 Å². The van der Waals surface area contributed by atoms with Gasteiger partial charge in [-0.15, -0.1) is 0 Å². The number of nitrogens with zero attached hydrogens (tertiary/aromatic N) is 2. The van der Waals surface area contributed by atoms with Gasteiger partial charge in [0.1, 0.15) is 5.82 Å². The van der Waals surface area contributed by atoms with Crippen molar-refractivity contribution >= 4 is 16.9 Å². The number of alkyl halides is 3. The summed E-state index contributed by atoms with van der Waals surface area (Å²) in [5.74, 6) is -0.914. The number of benzene rings is 1. The Bertz CT molecular complexity index is 915. The fourth-order valence-corrected chi connectivity index (χ4v) is 4.95. The first-order valence-corrected chi connectivity index (χ1v) is 8.83. The quantitative estimate of drug-likeness (QED) is 0.770. The average Bonchev–Trinajstić information content (AvgIpc) is 2.87. The van der Waals surface area contributed by atoms with E-state index in [9.17, 15) is 18.0 Å². The van der Waals surface area contributed by atoms with Crippen LogP contribution in [0, 0.1) is 12.3 Å². The molecule has 0 radical (unpaired) electrons. The molecule has 1 fully saturated rings.